The number of benzene rings is 2. The molecule has 11 heteroatoms. The molecule has 3 aromatic rings. The molecule has 0 atom stereocenters. The molecule has 0 unspecified atom stereocenters. The quantitative estimate of drug-likeness (QED) is 0.282. The zero-order valence-corrected chi connectivity index (χ0v) is 19.0. The van der Waals surface area contributed by atoms with Crippen LogP contribution in [-0.2, 0) is 4.79 Å². The van der Waals surface area contributed by atoms with Crippen LogP contribution in [0.4, 0.5) is 5.69 Å². The topological polar surface area (TPSA) is 125 Å². The van der Waals surface area contributed by atoms with Crippen LogP contribution in [0.2, 0.25) is 0 Å². The number of carbonyl (C=O) groups is 1. The molecular formula is C22H12BrN5O4S. The molecule has 3 heterocycles. The fourth-order valence-electron chi connectivity index (χ4n) is 3.22. The Bertz CT molecular complexity index is 1430. The number of furan rings is 1. The van der Waals surface area contributed by atoms with Gasteiger partial charge in [-0.3, -0.25) is 20.3 Å². The van der Waals surface area contributed by atoms with Gasteiger partial charge < -0.3 is 4.42 Å². The third kappa shape index (κ3) is 3.92. The lowest BCUT2D eigenvalue weighted by molar-refractivity contribution is -0.384. The van der Waals surface area contributed by atoms with Crippen molar-refractivity contribution in [3.05, 3.63) is 92.1 Å². The number of nitrogens with zero attached hydrogens (tertiary/aromatic N) is 4. The standard InChI is InChI=1S/C22H12BrN5O4S/c23-17-10-13(28(30)31)6-8-15(17)18-9-7-14(32-18)11-16-19(24)27-22(25-20(16)29)33-21(26-27)12-4-2-1-3-5-12/h1-11,24H/b16-11-,24-19?. The van der Waals surface area contributed by atoms with Crippen molar-refractivity contribution in [3.63, 3.8) is 0 Å². The van der Waals surface area contributed by atoms with E-state index in [1.807, 2.05) is 30.3 Å². The summed E-state index contributed by atoms with van der Waals surface area (Å²) in [5, 5.41) is 26.2. The van der Waals surface area contributed by atoms with E-state index in [0.717, 1.165) is 5.56 Å². The number of thioether (sulfide) groups is 1. The van der Waals surface area contributed by atoms with Crippen molar-refractivity contribution in [2.24, 2.45) is 10.1 Å². The van der Waals surface area contributed by atoms with E-state index in [1.54, 1.807) is 18.2 Å². The molecule has 0 saturated carbocycles. The number of nitrogens with one attached hydrogen (secondary N) is 1. The van der Waals surface area contributed by atoms with Gasteiger partial charge in [0.05, 0.1) is 10.5 Å². The number of rotatable bonds is 4. The zero-order valence-electron chi connectivity index (χ0n) is 16.6. The number of nitro benzene ring substituents is 1. The smallest absolute Gasteiger partial charge is 0.283 e. The van der Waals surface area contributed by atoms with Gasteiger partial charge in [-0.15, -0.1) is 0 Å². The van der Waals surface area contributed by atoms with Crippen LogP contribution in [-0.4, -0.2) is 31.9 Å². The molecule has 9 nitrogen and oxygen atoms in total. The van der Waals surface area contributed by atoms with Crippen LogP contribution in [0.3, 0.4) is 0 Å². The van der Waals surface area contributed by atoms with E-state index in [-0.39, 0.29) is 17.1 Å². The maximum atomic E-state index is 12.6. The Labute approximate surface area is 199 Å². The van der Waals surface area contributed by atoms with Crippen LogP contribution < -0.4 is 0 Å². The Morgan fingerprint density at radius 2 is 1.94 bits per heavy atom. The summed E-state index contributed by atoms with van der Waals surface area (Å²) in [4.78, 5) is 27.2. The van der Waals surface area contributed by atoms with Crippen LogP contribution in [0, 0.1) is 15.5 Å². The normalized spacial score (nSPS) is 16.6. The van der Waals surface area contributed by atoms with Gasteiger partial charge in [0, 0.05) is 27.7 Å². The molecule has 0 radical (unpaired) electrons. The molecule has 1 N–H and O–H groups in total. The van der Waals surface area contributed by atoms with E-state index in [9.17, 15) is 14.9 Å². The van der Waals surface area contributed by atoms with Crippen LogP contribution in [0.1, 0.15) is 11.3 Å². The van der Waals surface area contributed by atoms with E-state index >= 15 is 0 Å². The molecule has 2 aromatic carbocycles. The first-order valence-electron chi connectivity index (χ1n) is 9.50. The molecule has 0 saturated heterocycles. The molecule has 2 aliphatic heterocycles. The highest BCUT2D eigenvalue weighted by Gasteiger charge is 2.36. The summed E-state index contributed by atoms with van der Waals surface area (Å²) in [7, 11) is 0. The zero-order chi connectivity index (χ0) is 23.1. The number of non-ortho nitro benzene ring substituents is 1. The molecule has 0 aliphatic carbocycles. The van der Waals surface area contributed by atoms with E-state index in [0.29, 0.717) is 31.8 Å². The molecule has 33 heavy (non-hydrogen) atoms. The Kier molecular flexibility index (Phi) is 5.27. The van der Waals surface area contributed by atoms with Crippen LogP contribution >= 0.6 is 27.7 Å². The summed E-state index contributed by atoms with van der Waals surface area (Å²) in [6.07, 6.45) is 1.44. The fourth-order valence-corrected chi connectivity index (χ4v) is 4.68. The van der Waals surface area contributed by atoms with Crippen molar-refractivity contribution in [2.45, 2.75) is 0 Å². The number of fused-ring (bicyclic) bond motifs is 1. The van der Waals surface area contributed by atoms with Gasteiger partial charge in [0.25, 0.3) is 11.6 Å². The summed E-state index contributed by atoms with van der Waals surface area (Å²) in [6, 6.07) is 17.1. The largest absolute Gasteiger partial charge is 0.457 e. The molecule has 0 fully saturated rings. The molecule has 1 amide bonds. The summed E-state index contributed by atoms with van der Waals surface area (Å²) in [5.41, 5.74) is 1.48. The Balaban J connectivity index is 1.44. The molecule has 2 aliphatic rings. The molecule has 0 spiro atoms. The Morgan fingerprint density at radius 3 is 2.67 bits per heavy atom. The molecule has 0 bridgehead atoms. The van der Waals surface area contributed by atoms with Gasteiger partial charge in [0.1, 0.15) is 16.6 Å². The Morgan fingerprint density at radius 1 is 1.15 bits per heavy atom. The van der Waals surface area contributed by atoms with Gasteiger partial charge in [-0.25, -0.2) is 0 Å². The fraction of sp³-hybridized carbons (Fsp3) is 0. The number of aliphatic imine (C=N–C) groups is 1. The number of hydrazone groups is 1. The van der Waals surface area contributed by atoms with Crippen molar-refractivity contribution in [2.75, 3.05) is 0 Å². The summed E-state index contributed by atoms with van der Waals surface area (Å²) in [6.45, 7) is 0. The van der Waals surface area contributed by atoms with Crippen molar-refractivity contribution in [3.8, 4) is 11.3 Å². The van der Waals surface area contributed by atoms with Gasteiger partial charge in [-0.2, -0.15) is 15.1 Å². The third-order valence-electron chi connectivity index (χ3n) is 4.82. The second kappa shape index (κ2) is 8.26. The highest BCUT2D eigenvalue weighted by Crippen LogP contribution is 2.34. The van der Waals surface area contributed by atoms with Crippen molar-refractivity contribution < 1.29 is 14.1 Å². The number of amidine groups is 2. The number of hydrogen-bond donors (Lipinski definition) is 1. The number of nitro groups is 1. The first kappa shape index (κ1) is 21.0. The lowest BCUT2D eigenvalue weighted by Crippen LogP contribution is -2.35. The van der Waals surface area contributed by atoms with E-state index in [2.05, 4.69) is 26.0 Å². The van der Waals surface area contributed by atoms with Crippen molar-refractivity contribution in [1.82, 2.24) is 5.01 Å². The van der Waals surface area contributed by atoms with Gasteiger partial charge in [-0.1, -0.05) is 30.3 Å². The van der Waals surface area contributed by atoms with Crippen molar-refractivity contribution >= 4 is 61.4 Å². The lowest BCUT2D eigenvalue weighted by atomic mass is 10.1. The summed E-state index contributed by atoms with van der Waals surface area (Å²) >= 11 is 4.56. The predicted octanol–water partition coefficient (Wildman–Crippen LogP) is 5.28. The molecular weight excluding hydrogens is 510 g/mol. The third-order valence-corrected chi connectivity index (χ3v) is 6.43. The van der Waals surface area contributed by atoms with Gasteiger partial charge in [0.2, 0.25) is 5.17 Å². The lowest BCUT2D eigenvalue weighted by Gasteiger charge is -2.19. The van der Waals surface area contributed by atoms with E-state index in [4.69, 9.17) is 9.83 Å². The maximum absolute atomic E-state index is 12.6. The minimum absolute atomic E-state index is 0.0427. The first-order valence-corrected chi connectivity index (χ1v) is 11.1. The van der Waals surface area contributed by atoms with Crippen LogP contribution in [0.25, 0.3) is 17.4 Å². The SMILES string of the molecule is N=C1/C(=C/c2ccc(-c3ccc([N+](=O)[O-])cc3Br)o2)C(=O)N=C2SC(c3ccccc3)=NN12. The molecule has 162 valence electrons. The van der Waals surface area contributed by atoms with Gasteiger partial charge in [-0.05, 0) is 52.0 Å². The Hall–Kier alpha value is -3.83. The highest BCUT2D eigenvalue weighted by molar-refractivity contribution is 9.10. The number of carbonyl (C=O) groups excluding carboxylic acids is 1. The number of hydrogen-bond acceptors (Lipinski definition) is 7. The molecule has 5 rings (SSSR count). The minimum atomic E-state index is -0.558. The number of amides is 1. The van der Waals surface area contributed by atoms with Gasteiger partial charge >= 0.3 is 0 Å². The second-order valence-corrected chi connectivity index (χ2v) is 8.72. The van der Waals surface area contributed by atoms with Crippen LogP contribution in [0.5, 0.6) is 0 Å². The molecule has 1 aromatic heterocycles. The highest BCUT2D eigenvalue weighted by atomic mass is 79.9. The minimum Gasteiger partial charge on any atom is -0.457 e. The maximum Gasteiger partial charge on any atom is 0.283 e. The predicted molar refractivity (Wildman–Crippen MR) is 129 cm³/mol. The average Bonchev–Trinajstić information content (AvgIpc) is 3.44. The van der Waals surface area contributed by atoms with Crippen molar-refractivity contribution in [1.29, 1.82) is 5.41 Å². The average molecular weight is 522 g/mol. The van der Waals surface area contributed by atoms with Crippen LogP contribution in [0.15, 0.2) is 85.2 Å². The summed E-state index contributed by atoms with van der Waals surface area (Å²) in [5.74, 6) is 0.125. The summed E-state index contributed by atoms with van der Waals surface area (Å²) < 4.78 is 6.32. The first-order chi connectivity index (χ1) is 15.9. The number of halogens is 1. The van der Waals surface area contributed by atoms with E-state index < -0.39 is 10.8 Å². The van der Waals surface area contributed by atoms with E-state index in [1.165, 1.54) is 35.0 Å². The monoisotopic (exact) mass is 521 g/mol. The van der Waals surface area contributed by atoms with Gasteiger partial charge in [0.15, 0.2) is 5.84 Å². The second-order valence-electron chi connectivity index (χ2n) is 6.91.